The van der Waals surface area contributed by atoms with Gasteiger partial charge in [-0.05, 0) is 97.6 Å². The van der Waals surface area contributed by atoms with Crippen molar-refractivity contribution in [3.05, 3.63) is 60.5 Å². The molecule has 2 heterocycles. The van der Waals surface area contributed by atoms with E-state index in [0.29, 0.717) is 6.61 Å². The number of unbranched alkanes of at least 4 members (excludes halogenated alkanes) is 18. The van der Waals surface area contributed by atoms with Crippen LogP contribution in [0.5, 0.6) is 0 Å². The Morgan fingerprint density at radius 2 is 1.12 bits per heavy atom. The van der Waals surface area contributed by atoms with E-state index in [1.54, 1.807) is 0 Å². The lowest BCUT2D eigenvalue weighted by molar-refractivity contribution is -0.180. The summed E-state index contributed by atoms with van der Waals surface area (Å²) in [5, 5.41) is 8.68. The lowest BCUT2D eigenvalue weighted by Crippen LogP contribution is -2.31. The maximum absolute atomic E-state index is 6.77. The van der Waals surface area contributed by atoms with Gasteiger partial charge in [0.25, 0.3) is 0 Å². The van der Waals surface area contributed by atoms with Gasteiger partial charge in [0, 0.05) is 32.1 Å². The van der Waals surface area contributed by atoms with Crippen molar-refractivity contribution in [3.63, 3.8) is 0 Å². The number of rotatable bonds is 35. The maximum Gasteiger partial charge on any atom is 0.168 e. The van der Waals surface area contributed by atoms with Crippen molar-refractivity contribution in [2.75, 3.05) is 20.7 Å². The van der Waals surface area contributed by atoms with Crippen molar-refractivity contribution in [1.29, 1.82) is 0 Å². The molecular weight excluding hydrogens is 641 g/mol. The molecule has 1 aliphatic heterocycles. The second kappa shape index (κ2) is 32.4. The minimum absolute atomic E-state index is 0.135. The van der Waals surface area contributed by atoms with Gasteiger partial charge < -0.3 is 14.4 Å². The molecule has 0 radical (unpaired) electrons. The van der Waals surface area contributed by atoms with E-state index in [0.717, 1.165) is 50.9 Å². The monoisotopic (exact) mass is 723 g/mol. The van der Waals surface area contributed by atoms with Crippen LogP contribution in [0.15, 0.2) is 54.8 Å². The SMILES string of the molecule is CCCCC/C=C\C/C=C\CCCCCCCCC1(CCCCCCCC/C=C\C/C=C\CCCCC)OCC(CCn2cc(CN(C)C)nn2)O1. The third kappa shape index (κ3) is 25.1. The summed E-state index contributed by atoms with van der Waals surface area (Å²) in [5.74, 6) is -0.395. The summed E-state index contributed by atoms with van der Waals surface area (Å²) >= 11 is 0. The molecule has 1 aromatic heterocycles. The van der Waals surface area contributed by atoms with Crippen molar-refractivity contribution in [3.8, 4) is 0 Å². The zero-order valence-electron chi connectivity index (χ0n) is 34.6. The van der Waals surface area contributed by atoms with Crippen molar-refractivity contribution >= 4 is 0 Å². The summed E-state index contributed by atoms with van der Waals surface area (Å²) in [6.45, 7) is 6.87. The minimum atomic E-state index is -0.395. The Labute approximate surface area is 322 Å². The number of allylic oxidation sites excluding steroid dienone is 8. The van der Waals surface area contributed by atoms with Crippen molar-refractivity contribution < 1.29 is 9.47 Å². The number of hydrogen-bond donors (Lipinski definition) is 0. The Balaban J connectivity index is 1.64. The molecule has 0 aliphatic carbocycles. The van der Waals surface area contributed by atoms with Crippen LogP contribution in [0.4, 0.5) is 0 Å². The van der Waals surface area contributed by atoms with Crippen molar-refractivity contribution in [1.82, 2.24) is 19.9 Å². The molecule has 2 rings (SSSR count). The van der Waals surface area contributed by atoms with Crippen LogP contribution >= 0.6 is 0 Å². The highest BCUT2D eigenvalue weighted by Crippen LogP contribution is 2.35. The molecule has 0 bridgehead atoms. The molecule has 0 amide bonds. The molecule has 0 N–H and O–H groups in total. The van der Waals surface area contributed by atoms with Crippen LogP contribution in [0.3, 0.4) is 0 Å². The summed E-state index contributed by atoms with van der Waals surface area (Å²) in [7, 11) is 4.12. The van der Waals surface area contributed by atoms with Gasteiger partial charge in [-0.1, -0.05) is 145 Å². The summed E-state index contributed by atoms with van der Waals surface area (Å²) in [5.41, 5.74) is 1.01. The fourth-order valence-corrected chi connectivity index (χ4v) is 7.03. The Hall–Kier alpha value is -2.02. The quantitative estimate of drug-likeness (QED) is 0.0516. The van der Waals surface area contributed by atoms with Gasteiger partial charge in [-0.15, -0.1) is 5.10 Å². The Morgan fingerprint density at radius 1 is 0.654 bits per heavy atom. The number of nitrogens with zero attached hydrogens (tertiary/aromatic N) is 4. The number of aryl methyl sites for hydroxylation is 1. The van der Waals surface area contributed by atoms with Crippen LogP contribution in [0, 0.1) is 0 Å². The largest absolute Gasteiger partial charge is 0.347 e. The average Bonchev–Trinajstić information content (AvgIpc) is 3.76. The van der Waals surface area contributed by atoms with Gasteiger partial charge >= 0.3 is 0 Å². The summed E-state index contributed by atoms with van der Waals surface area (Å²) < 4.78 is 15.3. The molecule has 0 saturated carbocycles. The van der Waals surface area contributed by atoms with Gasteiger partial charge in [-0.3, -0.25) is 4.68 Å². The number of ether oxygens (including phenoxy) is 2. The second-order valence-electron chi connectivity index (χ2n) is 15.6. The van der Waals surface area contributed by atoms with Crippen LogP contribution in [0.1, 0.15) is 193 Å². The maximum atomic E-state index is 6.77. The lowest BCUT2D eigenvalue weighted by Gasteiger charge is -2.28. The van der Waals surface area contributed by atoms with E-state index >= 15 is 0 Å². The summed E-state index contributed by atoms with van der Waals surface area (Å²) in [4.78, 5) is 2.12. The first-order valence-corrected chi connectivity index (χ1v) is 22.0. The second-order valence-corrected chi connectivity index (χ2v) is 15.6. The zero-order chi connectivity index (χ0) is 37.2. The topological polar surface area (TPSA) is 52.4 Å². The highest BCUT2D eigenvalue weighted by molar-refractivity contribution is 4.94. The highest BCUT2D eigenvalue weighted by Gasteiger charge is 2.40. The molecule has 0 spiro atoms. The van der Waals surface area contributed by atoms with Gasteiger partial charge in [-0.2, -0.15) is 0 Å². The van der Waals surface area contributed by atoms with E-state index in [1.807, 2.05) is 4.68 Å². The molecule has 1 aliphatic rings. The molecule has 0 aromatic carbocycles. The van der Waals surface area contributed by atoms with E-state index in [2.05, 4.69) is 98.0 Å². The van der Waals surface area contributed by atoms with Crippen LogP contribution in [-0.4, -0.2) is 52.5 Å². The molecule has 298 valence electrons. The van der Waals surface area contributed by atoms with Crippen molar-refractivity contribution in [2.24, 2.45) is 0 Å². The van der Waals surface area contributed by atoms with Crippen molar-refractivity contribution in [2.45, 2.75) is 212 Å². The molecule has 52 heavy (non-hydrogen) atoms. The van der Waals surface area contributed by atoms with Crippen LogP contribution in [0.25, 0.3) is 0 Å². The van der Waals surface area contributed by atoms with Gasteiger partial charge in [0.1, 0.15) is 0 Å². The smallest absolute Gasteiger partial charge is 0.168 e. The molecule has 6 heteroatoms. The molecule has 6 nitrogen and oxygen atoms in total. The Kier molecular flexibility index (Phi) is 28.8. The summed E-state index contributed by atoms with van der Waals surface area (Å²) in [6.07, 6.45) is 54.6. The van der Waals surface area contributed by atoms with Gasteiger partial charge in [0.2, 0.25) is 0 Å². The standard InChI is InChI=1S/C46H82N4O2/c1-5-7-9-11-13-15-17-19-21-23-25-27-29-31-33-35-38-46(51-43-45(52-46)37-40-50-42-44(47-48-50)41-49(3)4)39-36-34-32-30-28-26-24-22-20-18-16-14-12-10-8-6-2/h13-16,19-22,42,45H,5-12,17-18,23-41,43H2,1-4H3/b15-13-,16-14-,21-19-,22-20-. The predicted molar refractivity (Wildman–Crippen MR) is 224 cm³/mol. The third-order valence-corrected chi connectivity index (χ3v) is 10.2. The highest BCUT2D eigenvalue weighted by atomic mass is 16.7. The van der Waals surface area contributed by atoms with Gasteiger partial charge in [-0.25, -0.2) is 0 Å². The molecule has 1 aromatic rings. The fourth-order valence-electron chi connectivity index (χ4n) is 7.03. The summed E-state index contributed by atoms with van der Waals surface area (Å²) in [6, 6.07) is 0. The molecule has 1 unspecified atom stereocenters. The van der Waals surface area contributed by atoms with Gasteiger partial charge in [0.05, 0.1) is 18.4 Å². The van der Waals surface area contributed by atoms with Gasteiger partial charge in [0.15, 0.2) is 5.79 Å². The van der Waals surface area contributed by atoms with Crippen LogP contribution < -0.4 is 0 Å². The fraction of sp³-hybridized carbons (Fsp3) is 0.783. The van der Waals surface area contributed by atoms with Crippen LogP contribution in [-0.2, 0) is 22.6 Å². The van der Waals surface area contributed by atoms with E-state index < -0.39 is 5.79 Å². The molecule has 1 fully saturated rings. The first-order chi connectivity index (χ1) is 25.6. The van der Waals surface area contributed by atoms with E-state index in [-0.39, 0.29) is 6.10 Å². The Bertz CT molecular complexity index is 1010. The predicted octanol–water partition coefficient (Wildman–Crippen LogP) is 13.2. The first kappa shape index (κ1) is 46.1. The van der Waals surface area contributed by atoms with E-state index in [1.165, 1.54) is 141 Å². The van der Waals surface area contributed by atoms with E-state index in [9.17, 15) is 0 Å². The average molecular weight is 723 g/mol. The first-order valence-electron chi connectivity index (χ1n) is 22.0. The minimum Gasteiger partial charge on any atom is -0.347 e. The molecular formula is C46H82N4O2. The normalized spacial score (nSPS) is 16.4. The van der Waals surface area contributed by atoms with E-state index in [4.69, 9.17) is 9.47 Å². The Morgan fingerprint density at radius 3 is 1.60 bits per heavy atom. The number of aromatic nitrogens is 3. The lowest BCUT2D eigenvalue weighted by atomic mass is 9.98. The third-order valence-electron chi connectivity index (χ3n) is 10.2. The number of hydrogen-bond acceptors (Lipinski definition) is 5. The van der Waals surface area contributed by atoms with Crippen LogP contribution in [0.2, 0.25) is 0 Å². The zero-order valence-corrected chi connectivity index (χ0v) is 34.6. The molecule has 1 atom stereocenters. The molecule has 1 saturated heterocycles.